The lowest BCUT2D eigenvalue weighted by molar-refractivity contribution is -0.901. The van der Waals surface area contributed by atoms with Gasteiger partial charge in [0.25, 0.3) is 0 Å². The minimum Gasteiger partial charge on any atom is -0.361 e. The standard InChI is InChI=1S/C14H20N2/c1-11(2)16(3)9-8-12-10-15-14-7-5-4-6-13(12)14/h4-7,10-11,15H,8-9H2,1-3H3/p+1. The van der Waals surface area contributed by atoms with Gasteiger partial charge in [-0.1, -0.05) is 18.2 Å². The van der Waals surface area contributed by atoms with Gasteiger partial charge in [0.05, 0.1) is 19.6 Å². The molecule has 0 spiro atoms. The van der Waals surface area contributed by atoms with E-state index in [2.05, 4.69) is 56.3 Å². The highest BCUT2D eigenvalue weighted by atomic mass is 15.1. The Hall–Kier alpha value is -1.28. The zero-order valence-corrected chi connectivity index (χ0v) is 10.4. The molecule has 0 fully saturated rings. The van der Waals surface area contributed by atoms with Crippen molar-refractivity contribution in [1.82, 2.24) is 4.98 Å². The number of fused-ring (bicyclic) bond motifs is 1. The van der Waals surface area contributed by atoms with Gasteiger partial charge in [0.15, 0.2) is 0 Å². The van der Waals surface area contributed by atoms with Gasteiger partial charge in [-0.2, -0.15) is 0 Å². The third-order valence-corrected chi connectivity index (χ3v) is 3.45. The zero-order chi connectivity index (χ0) is 11.5. The van der Waals surface area contributed by atoms with Crippen molar-refractivity contribution in [2.45, 2.75) is 26.3 Å². The topological polar surface area (TPSA) is 20.2 Å². The first kappa shape index (κ1) is 11.2. The molecule has 0 aliphatic rings. The van der Waals surface area contributed by atoms with Crippen molar-refractivity contribution >= 4 is 10.9 Å². The second-order valence-corrected chi connectivity index (χ2v) is 4.86. The minimum atomic E-state index is 0.699. The van der Waals surface area contributed by atoms with E-state index in [0.29, 0.717) is 6.04 Å². The molecule has 2 heteroatoms. The van der Waals surface area contributed by atoms with Gasteiger partial charge in [0, 0.05) is 23.5 Å². The Morgan fingerprint density at radius 1 is 1.25 bits per heavy atom. The molecular weight excluding hydrogens is 196 g/mol. The summed E-state index contributed by atoms with van der Waals surface area (Å²) in [6.07, 6.45) is 3.30. The van der Waals surface area contributed by atoms with E-state index >= 15 is 0 Å². The van der Waals surface area contributed by atoms with Gasteiger partial charge >= 0.3 is 0 Å². The lowest BCUT2D eigenvalue weighted by Gasteiger charge is -2.17. The summed E-state index contributed by atoms with van der Waals surface area (Å²) in [5.41, 5.74) is 2.69. The van der Waals surface area contributed by atoms with E-state index in [-0.39, 0.29) is 0 Å². The van der Waals surface area contributed by atoms with Gasteiger partial charge in [-0.3, -0.25) is 0 Å². The first-order valence-electron chi connectivity index (χ1n) is 6.06. The number of H-pyrrole nitrogens is 1. The SMILES string of the molecule is CC(C)[NH+](C)CCc1c[nH]c2ccccc12. The number of likely N-dealkylation sites (N-methyl/N-ethyl adjacent to an activating group) is 1. The molecule has 0 amide bonds. The van der Waals surface area contributed by atoms with Gasteiger partial charge in [-0.25, -0.2) is 0 Å². The third kappa shape index (κ3) is 2.27. The summed E-state index contributed by atoms with van der Waals surface area (Å²) >= 11 is 0. The zero-order valence-electron chi connectivity index (χ0n) is 10.4. The number of aromatic amines is 1. The van der Waals surface area contributed by atoms with Gasteiger partial charge in [-0.15, -0.1) is 0 Å². The van der Waals surface area contributed by atoms with Crippen molar-refractivity contribution in [2.75, 3.05) is 13.6 Å². The van der Waals surface area contributed by atoms with Gasteiger partial charge in [0.2, 0.25) is 0 Å². The van der Waals surface area contributed by atoms with E-state index in [1.165, 1.54) is 23.0 Å². The Bertz CT molecular complexity index is 456. The molecule has 2 nitrogen and oxygen atoms in total. The summed E-state index contributed by atoms with van der Waals surface area (Å²) in [6, 6.07) is 9.22. The van der Waals surface area contributed by atoms with Crippen LogP contribution in [0.15, 0.2) is 30.5 Å². The molecule has 0 radical (unpaired) electrons. The number of para-hydroxylation sites is 1. The molecule has 86 valence electrons. The first-order chi connectivity index (χ1) is 7.68. The highest BCUT2D eigenvalue weighted by molar-refractivity contribution is 5.82. The number of nitrogens with one attached hydrogen (secondary N) is 2. The van der Waals surface area contributed by atoms with E-state index in [4.69, 9.17) is 0 Å². The van der Waals surface area contributed by atoms with Crippen LogP contribution in [0.2, 0.25) is 0 Å². The fourth-order valence-corrected chi connectivity index (χ4v) is 1.96. The smallest absolute Gasteiger partial charge is 0.0815 e. The number of benzene rings is 1. The van der Waals surface area contributed by atoms with E-state index in [1.54, 1.807) is 4.90 Å². The normalized spacial score (nSPS) is 13.5. The Balaban J connectivity index is 2.10. The summed E-state index contributed by atoms with van der Waals surface area (Å²) < 4.78 is 0. The van der Waals surface area contributed by atoms with Crippen molar-refractivity contribution in [1.29, 1.82) is 0 Å². The van der Waals surface area contributed by atoms with Crippen LogP contribution in [0.1, 0.15) is 19.4 Å². The van der Waals surface area contributed by atoms with Crippen LogP contribution in [0.5, 0.6) is 0 Å². The Morgan fingerprint density at radius 2 is 2.00 bits per heavy atom. The summed E-state index contributed by atoms with van der Waals surface area (Å²) in [5.74, 6) is 0. The monoisotopic (exact) mass is 217 g/mol. The Morgan fingerprint density at radius 3 is 2.75 bits per heavy atom. The molecule has 2 aromatic rings. The molecule has 0 saturated heterocycles. The summed E-state index contributed by atoms with van der Waals surface area (Å²) in [4.78, 5) is 4.92. The molecule has 1 atom stereocenters. The lowest BCUT2D eigenvalue weighted by atomic mass is 10.1. The highest BCUT2D eigenvalue weighted by Crippen LogP contribution is 2.17. The molecular formula is C14H21N2+. The molecule has 1 heterocycles. The second kappa shape index (κ2) is 4.71. The van der Waals surface area contributed by atoms with Gasteiger partial charge in [-0.05, 0) is 25.5 Å². The van der Waals surface area contributed by atoms with Crippen molar-refractivity contribution in [3.05, 3.63) is 36.0 Å². The molecule has 1 unspecified atom stereocenters. The number of aromatic nitrogens is 1. The summed E-state index contributed by atoms with van der Waals surface area (Å²) in [5, 5.41) is 1.37. The van der Waals surface area contributed by atoms with Crippen molar-refractivity contribution < 1.29 is 4.90 Å². The Labute approximate surface area is 97.3 Å². The van der Waals surface area contributed by atoms with Crippen LogP contribution in [0, 0.1) is 0 Å². The van der Waals surface area contributed by atoms with Crippen LogP contribution in [-0.2, 0) is 6.42 Å². The maximum atomic E-state index is 3.33. The maximum absolute atomic E-state index is 3.33. The molecule has 2 N–H and O–H groups in total. The molecule has 0 saturated carbocycles. The average molecular weight is 217 g/mol. The molecule has 2 rings (SSSR count). The largest absolute Gasteiger partial charge is 0.361 e. The number of rotatable bonds is 4. The fourth-order valence-electron chi connectivity index (χ4n) is 1.96. The average Bonchev–Trinajstić information content (AvgIpc) is 2.69. The predicted molar refractivity (Wildman–Crippen MR) is 68.9 cm³/mol. The van der Waals surface area contributed by atoms with E-state index in [9.17, 15) is 0 Å². The number of hydrogen-bond donors (Lipinski definition) is 2. The van der Waals surface area contributed by atoms with Crippen LogP contribution in [-0.4, -0.2) is 24.6 Å². The van der Waals surface area contributed by atoms with Crippen molar-refractivity contribution in [3.63, 3.8) is 0 Å². The lowest BCUT2D eigenvalue weighted by Crippen LogP contribution is -3.12. The van der Waals surface area contributed by atoms with Crippen LogP contribution < -0.4 is 4.90 Å². The van der Waals surface area contributed by atoms with Gasteiger partial charge < -0.3 is 9.88 Å². The van der Waals surface area contributed by atoms with Crippen LogP contribution >= 0.6 is 0 Å². The van der Waals surface area contributed by atoms with Gasteiger partial charge in [0.1, 0.15) is 0 Å². The third-order valence-electron chi connectivity index (χ3n) is 3.45. The van der Waals surface area contributed by atoms with Crippen LogP contribution in [0.4, 0.5) is 0 Å². The van der Waals surface area contributed by atoms with E-state index in [1.807, 2.05) is 0 Å². The molecule has 16 heavy (non-hydrogen) atoms. The molecule has 0 aliphatic carbocycles. The Kier molecular flexibility index (Phi) is 3.30. The quantitative estimate of drug-likeness (QED) is 0.776. The van der Waals surface area contributed by atoms with Crippen molar-refractivity contribution in [2.24, 2.45) is 0 Å². The predicted octanol–water partition coefficient (Wildman–Crippen LogP) is 1.63. The fraction of sp³-hybridized carbons (Fsp3) is 0.429. The summed E-state index contributed by atoms with van der Waals surface area (Å²) in [6.45, 7) is 5.73. The molecule has 0 bridgehead atoms. The number of hydrogen-bond acceptors (Lipinski definition) is 0. The second-order valence-electron chi connectivity index (χ2n) is 4.86. The highest BCUT2D eigenvalue weighted by Gasteiger charge is 2.09. The van der Waals surface area contributed by atoms with Crippen LogP contribution in [0.3, 0.4) is 0 Å². The summed E-state index contributed by atoms with van der Waals surface area (Å²) in [7, 11) is 2.26. The van der Waals surface area contributed by atoms with E-state index in [0.717, 1.165) is 6.42 Å². The molecule has 1 aromatic heterocycles. The maximum Gasteiger partial charge on any atom is 0.0815 e. The number of quaternary nitrogens is 1. The van der Waals surface area contributed by atoms with E-state index < -0.39 is 0 Å². The van der Waals surface area contributed by atoms with Crippen LogP contribution in [0.25, 0.3) is 10.9 Å². The molecule has 1 aromatic carbocycles. The minimum absolute atomic E-state index is 0.699. The van der Waals surface area contributed by atoms with Crippen molar-refractivity contribution in [3.8, 4) is 0 Å². The molecule has 0 aliphatic heterocycles. The first-order valence-corrected chi connectivity index (χ1v) is 6.06.